The molecule has 1 heterocycles. The van der Waals surface area contributed by atoms with Crippen LogP contribution in [0.15, 0.2) is 4.42 Å². The number of aryl methyl sites for hydroxylation is 2. The molecule has 4 heteroatoms. The van der Waals surface area contributed by atoms with E-state index in [0.29, 0.717) is 24.4 Å². The van der Waals surface area contributed by atoms with Crippen molar-refractivity contribution in [2.75, 3.05) is 0 Å². The first kappa shape index (κ1) is 18.6. The summed E-state index contributed by atoms with van der Waals surface area (Å²) in [6.45, 7) is 5.77. The molecule has 1 rings (SSSR count). The van der Waals surface area contributed by atoms with Gasteiger partial charge in [-0.25, -0.2) is 0 Å². The lowest BCUT2D eigenvalue weighted by Gasteiger charge is -2.04. The van der Waals surface area contributed by atoms with E-state index in [4.69, 9.17) is 9.15 Å². The molecule has 0 spiro atoms. The molecule has 0 bridgehead atoms. The molecular formula is C18H30O4. The second-order valence-electron chi connectivity index (χ2n) is 5.81. The number of ether oxygens (including phenoxy) is 1. The molecule has 1 N–H and O–H groups in total. The van der Waals surface area contributed by atoms with Gasteiger partial charge in [0.2, 0.25) is 11.5 Å². The number of hydrogen-bond acceptors (Lipinski definition) is 4. The fraction of sp³-hybridized carbons (Fsp3) is 0.722. The van der Waals surface area contributed by atoms with E-state index in [1.165, 1.54) is 38.5 Å². The fourth-order valence-electron chi connectivity index (χ4n) is 2.48. The molecule has 126 valence electrons. The third-order valence-electron chi connectivity index (χ3n) is 3.85. The van der Waals surface area contributed by atoms with Gasteiger partial charge in [0.05, 0.1) is 0 Å². The van der Waals surface area contributed by atoms with E-state index >= 15 is 0 Å². The van der Waals surface area contributed by atoms with Crippen molar-refractivity contribution in [2.45, 2.75) is 85.0 Å². The molecule has 0 fully saturated rings. The monoisotopic (exact) mass is 310 g/mol. The first-order valence-corrected chi connectivity index (χ1v) is 8.62. The Bertz CT molecular complexity index is 448. The maximum Gasteiger partial charge on any atom is 0.311 e. The van der Waals surface area contributed by atoms with Gasteiger partial charge >= 0.3 is 5.97 Å². The highest BCUT2D eigenvalue weighted by atomic mass is 16.6. The van der Waals surface area contributed by atoms with Crippen LogP contribution in [-0.2, 0) is 11.2 Å². The Kier molecular flexibility index (Phi) is 8.71. The minimum atomic E-state index is -0.295. The minimum Gasteiger partial charge on any atom is -0.502 e. The Morgan fingerprint density at radius 1 is 1.05 bits per heavy atom. The Hall–Kier alpha value is -1.45. The van der Waals surface area contributed by atoms with Gasteiger partial charge in [0.1, 0.15) is 5.76 Å². The molecule has 0 aliphatic heterocycles. The Morgan fingerprint density at radius 3 is 2.23 bits per heavy atom. The summed E-state index contributed by atoms with van der Waals surface area (Å²) in [4.78, 5) is 11.8. The van der Waals surface area contributed by atoms with Gasteiger partial charge in [0, 0.05) is 12.8 Å². The van der Waals surface area contributed by atoms with Crippen molar-refractivity contribution in [1.82, 2.24) is 0 Å². The molecule has 0 atom stereocenters. The summed E-state index contributed by atoms with van der Waals surface area (Å²) in [5.41, 5.74) is 0. The van der Waals surface area contributed by atoms with Gasteiger partial charge in [0.15, 0.2) is 5.76 Å². The van der Waals surface area contributed by atoms with Crippen molar-refractivity contribution in [3.63, 3.8) is 0 Å². The van der Waals surface area contributed by atoms with Gasteiger partial charge in [-0.3, -0.25) is 4.79 Å². The lowest BCUT2D eigenvalue weighted by atomic mass is 10.1. The first-order chi connectivity index (χ1) is 10.6. The number of carbonyl (C=O) groups is 1. The summed E-state index contributed by atoms with van der Waals surface area (Å²) >= 11 is 0. The molecule has 0 amide bonds. The molecule has 0 aromatic carbocycles. The number of rotatable bonds is 11. The third kappa shape index (κ3) is 6.12. The van der Waals surface area contributed by atoms with Crippen molar-refractivity contribution < 1.29 is 19.1 Å². The van der Waals surface area contributed by atoms with Crippen LogP contribution in [0.3, 0.4) is 0 Å². The largest absolute Gasteiger partial charge is 0.502 e. The number of hydrogen-bond donors (Lipinski definition) is 1. The average Bonchev–Trinajstić information content (AvgIpc) is 2.77. The van der Waals surface area contributed by atoms with Gasteiger partial charge in [-0.2, -0.15) is 0 Å². The smallest absolute Gasteiger partial charge is 0.311 e. The van der Waals surface area contributed by atoms with Gasteiger partial charge in [0.25, 0.3) is 0 Å². The van der Waals surface area contributed by atoms with Crippen LogP contribution in [0.2, 0.25) is 0 Å². The number of furan rings is 1. The average molecular weight is 310 g/mol. The van der Waals surface area contributed by atoms with Crippen molar-refractivity contribution in [2.24, 2.45) is 0 Å². The van der Waals surface area contributed by atoms with E-state index in [2.05, 4.69) is 6.92 Å². The molecule has 0 aliphatic carbocycles. The SMILES string of the molecule is CCCCCCCCCCC(=O)Oc1c(CC)oc(C)c1O. The van der Waals surface area contributed by atoms with Crippen LogP contribution >= 0.6 is 0 Å². The quantitative estimate of drug-likeness (QED) is 0.445. The van der Waals surface area contributed by atoms with Crippen LogP contribution in [0, 0.1) is 6.92 Å². The molecule has 0 radical (unpaired) electrons. The highest BCUT2D eigenvalue weighted by Crippen LogP contribution is 2.37. The second-order valence-corrected chi connectivity index (χ2v) is 5.81. The van der Waals surface area contributed by atoms with Gasteiger partial charge in [-0.05, 0) is 13.3 Å². The second kappa shape index (κ2) is 10.3. The molecule has 1 aromatic heterocycles. The molecule has 4 nitrogen and oxygen atoms in total. The highest BCUT2D eigenvalue weighted by Gasteiger charge is 2.20. The highest BCUT2D eigenvalue weighted by molar-refractivity contribution is 5.73. The minimum absolute atomic E-state index is 0.0545. The Morgan fingerprint density at radius 2 is 1.64 bits per heavy atom. The first-order valence-electron chi connectivity index (χ1n) is 8.62. The number of carbonyl (C=O) groups excluding carboxylic acids is 1. The molecule has 0 aliphatic rings. The van der Waals surface area contributed by atoms with Crippen LogP contribution in [-0.4, -0.2) is 11.1 Å². The van der Waals surface area contributed by atoms with Crippen molar-refractivity contribution >= 4 is 5.97 Å². The summed E-state index contributed by atoms with van der Waals surface area (Å²) < 4.78 is 10.6. The summed E-state index contributed by atoms with van der Waals surface area (Å²) in [7, 11) is 0. The summed E-state index contributed by atoms with van der Waals surface area (Å²) in [6, 6.07) is 0. The van der Waals surface area contributed by atoms with E-state index in [-0.39, 0.29) is 17.5 Å². The zero-order valence-corrected chi connectivity index (χ0v) is 14.2. The predicted molar refractivity (Wildman–Crippen MR) is 87.3 cm³/mol. The van der Waals surface area contributed by atoms with E-state index in [1.807, 2.05) is 6.92 Å². The van der Waals surface area contributed by atoms with Crippen molar-refractivity contribution in [3.05, 3.63) is 11.5 Å². The third-order valence-corrected chi connectivity index (χ3v) is 3.85. The Labute approximate surface area is 133 Å². The van der Waals surface area contributed by atoms with E-state index < -0.39 is 0 Å². The predicted octanol–water partition coefficient (Wildman–Crippen LogP) is 5.29. The molecule has 0 saturated carbocycles. The standard InChI is InChI=1S/C18H30O4/c1-4-6-7-8-9-10-11-12-13-16(19)22-18-15(5-2)21-14(3)17(18)20/h20H,4-13H2,1-3H3. The van der Waals surface area contributed by atoms with Crippen LogP contribution in [0.1, 0.15) is 83.2 Å². The number of unbranched alkanes of at least 4 members (excludes halogenated alkanes) is 7. The lowest BCUT2D eigenvalue weighted by molar-refractivity contribution is -0.134. The topological polar surface area (TPSA) is 59.7 Å². The van der Waals surface area contributed by atoms with Crippen molar-refractivity contribution in [1.29, 1.82) is 0 Å². The maximum atomic E-state index is 11.8. The van der Waals surface area contributed by atoms with E-state index in [1.54, 1.807) is 6.92 Å². The Balaban J connectivity index is 2.21. The van der Waals surface area contributed by atoms with Crippen LogP contribution < -0.4 is 4.74 Å². The summed E-state index contributed by atoms with van der Waals surface area (Å²) in [5.74, 6) is 0.772. The van der Waals surface area contributed by atoms with E-state index in [0.717, 1.165) is 12.8 Å². The molecule has 22 heavy (non-hydrogen) atoms. The van der Waals surface area contributed by atoms with Gasteiger partial charge < -0.3 is 14.3 Å². The molecule has 1 aromatic rings. The van der Waals surface area contributed by atoms with Gasteiger partial charge in [-0.15, -0.1) is 0 Å². The normalized spacial score (nSPS) is 10.9. The number of esters is 1. The zero-order chi connectivity index (χ0) is 16.4. The van der Waals surface area contributed by atoms with Crippen molar-refractivity contribution in [3.8, 4) is 11.5 Å². The van der Waals surface area contributed by atoms with Crippen LogP contribution in [0.25, 0.3) is 0 Å². The van der Waals surface area contributed by atoms with E-state index in [9.17, 15) is 9.90 Å². The zero-order valence-electron chi connectivity index (χ0n) is 14.2. The lowest BCUT2D eigenvalue weighted by Crippen LogP contribution is -2.08. The fourth-order valence-corrected chi connectivity index (χ4v) is 2.48. The summed E-state index contributed by atoms with van der Waals surface area (Å²) in [6.07, 6.45) is 10.5. The van der Waals surface area contributed by atoms with Crippen LogP contribution in [0.4, 0.5) is 0 Å². The number of aromatic hydroxyl groups is 1. The molecule has 0 saturated heterocycles. The van der Waals surface area contributed by atoms with Crippen LogP contribution in [0.5, 0.6) is 11.5 Å². The summed E-state index contributed by atoms with van der Waals surface area (Å²) in [5, 5.41) is 9.84. The molecule has 0 unspecified atom stereocenters. The van der Waals surface area contributed by atoms with Gasteiger partial charge in [-0.1, -0.05) is 58.8 Å². The molecular weight excluding hydrogens is 280 g/mol. The maximum absolute atomic E-state index is 11.8.